The van der Waals surface area contributed by atoms with Crippen LogP contribution in [0.15, 0.2) is 0 Å². The maximum absolute atomic E-state index is 11.1. The van der Waals surface area contributed by atoms with Crippen molar-refractivity contribution in [3.05, 3.63) is 0 Å². The first-order valence-corrected chi connectivity index (χ1v) is 6.74. The summed E-state index contributed by atoms with van der Waals surface area (Å²) >= 11 is 0. The molecular weight excluding hydrogens is 202 g/mol. The fourth-order valence-electron chi connectivity index (χ4n) is 3.20. The molecule has 1 N–H and O–H groups in total. The van der Waals surface area contributed by atoms with E-state index in [1.807, 2.05) is 0 Å². The van der Waals surface area contributed by atoms with Crippen molar-refractivity contribution in [2.75, 3.05) is 13.1 Å². The molecule has 92 valence electrons. The van der Waals surface area contributed by atoms with Crippen molar-refractivity contribution in [2.24, 2.45) is 5.92 Å². The van der Waals surface area contributed by atoms with Gasteiger partial charge in [0.15, 0.2) is 0 Å². The van der Waals surface area contributed by atoms with E-state index in [2.05, 4.69) is 4.90 Å². The van der Waals surface area contributed by atoms with Crippen LogP contribution in [0.1, 0.15) is 51.4 Å². The topological polar surface area (TPSA) is 40.5 Å². The third kappa shape index (κ3) is 2.97. The largest absolute Gasteiger partial charge is 0.480 e. The molecule has 2 fully saturated rings. The SMILES string of the molecule is O=C(O)[C@H]1CCCN1CC1CCCCCC1. The van der Waals surface area contributed by atoms with Gasteiger partial charge in [-0.3, -0.25) is 9.69 Å². The van der Waals surface area contributed by atoms with E-state index < -0.39 is 5.97 Å². The Morgan fingerprint density at radius 1 is 1.06 bits per heavy atom. The minimum atomic E-state index is -0.619. The highest BCUT2D eigenvalue weighted by Gasteiger charge is 2.31. The Morgan fingerprint density at radius 3 is 2.38 bits per heavy atom. The van der Waals surface area contributed by atoms with Gasteiger partial charge in [-0.15, -0.1) is 0 Å². The highest BCUT2D eigenvalue weighted by Crippen LogP contribution is 2.26. The van der Waals surface area contributed by atoms with Crippen LogP contribution in [-0.2, 0) is 4.79 Å². The molecule has 0 aromatic heterocycles. The highest BCUT2D eigenvalue weighted by molar-refractivity contribution is 5.73. The zero-order valence-electron chi connectivity index (χ0n) is 10.0. The van der Waals surface area contributed by atoms with Gasteiger partial charge in [-0.25, -0.2) is 0 Å². The average Bonchev–Trinajstić information content (AvgIpc) is 2.55. The first-order chi connectivity index (χ1) is 7.77. The third-order valence-corrected chi connectivity index (χ3v) is 4.12. The second-order valence-electron chi connectivity index (χ2n) is 5.35. The van der Waals surface area contributed by atoms with Crippen molar-refractivity contribution in [1.82, 2.24) is 4.90 Å². The molecule has 0 spiro atoms. The van der Waals surface area contributed by atoms with Crippen LogP contribution in [0.3, 0.4) is 0 Å². The number of hydrogen-bond donors (Lipinski definition) is 1. The van der Waals surface area contributed by atoms with Gasteiger partial charge in [-0.2, -0.15) is 0 Å². The Balaban J connectivity index is 1.85. The fraction of sp³-hybridized carbons (Fsp3) is 0.923. The lowest BCUT2D eigenvalue weighted by Gasteiger charge is -2.26. The van der Waals surface area contributed by atoms with Crippen LogP contribution < -0.4 is 0 Å². The summed E-state index contributed by atoms with van der Waals surface area (Å²) in [4.78, 5) is 13.3. The summed E-state index contributed by atoms with van der Waals surface area (Å²) in [7, 11) is 0. The molecule has 1 heterocycles. The minimum absolute atomic E-state index is 0.191. The number of likely N-dealkylation sites (tertiary alicyclic amines) is 1. The van der Waals surface area contributed by atoms with Crippen molar-refractivity contribution in [2.45, 2.75) is 57.4 Å². The zero-order valence-corrected chi connectivity index (χ0v) is 10.0. The van der Waals surface area contributed by atoms with Crippen LogP contribution >= 0.6 is 0 Å². The van der Waals surface area contributed by atoms with Crippen molar-refractivity contribution in [3.8, 4) is 0 Å². The summed E-state index contributed by atoms with van der Waals surface area (Å²) < 4.78 is 0. The predicted octanol–water partition coefficient (Wildman–Crippen LogP) is 2.51. The number of carbonyl (C=O) groups is 1. The van der Waals surface area contributed by atoms with E-state index >= 15 is 0 Å². The molecule has 3 heteroatoms. The molecule has 2 aliphatic rings. The quantitative estimate of drug-likeness (QED) is 0.750. The van der Waals surface area contributed by atoms with Gasteiger partial charge in [0.25, 0.3) is 0 Å². The Labute approximate surface area is 97.8 Å². The highest BCUT2D eigenvalue weighted by atomic mass is 16.4. The number of nitrogens with zero attached hydrogens (tertiary/aromatic N) is 1. The second kappa shape index (κ2) is 5.67. The van der Waals surface area contributed by atoms with Gasteiger partial charge in [0.05, 0.1) is 0 Å². The predicted molar refractivity (Wildman–Crippen MR) is 63.4 cm³/mol. The molecule has 0 amide bonds. The van der Waals surface area contributed by atoms with Gasteiger partial charge in [0.1, 0.15) is 6.04 Å². The molecule has 16 heavy (non-hydrogen) atoms. The summed E-state index contributed by atoms with van der Waals surface area (Å²) in [6.07, 6.45) is 9.96. The van der Waals surface area contributed by atoms with Crippen molar-refractivity contribution in [3.63, 3.8) is 0 Å². The third-order valence-electron chi connectivity index (χ3n) is 4.12. The van der Waals surface area contributed by atoms with Gasteiger partial charge in [0.2, 0.25) is 0 Å². The Morgan fingerprint density at radius 2 is 1.75 bits per heavy atom. The molecule has 1 aliphatic carbocycles. The van der Waals surface area contributed by atoms with E-state index in [0.29, 0.717) is 0 Å². The Hall–Kier alpha value is -0.570. The molecular formula is C13H23NO2. The molecule has 1 saturated carbocycles. The van der Waals surface area contributed by atoms with Gasteiger partial charge < -0.3 is 5.11 Å². The molecule has 0 aromatic carbocycles. The van der Waals surface area contributed by atoms with Gasteiger partial charge in [-0.05, 0) is 38.1 Å². The summed E-state index contributed by atoms with van der Waals surface area (Å²) in [6, 6.07) is -0.191. The second-order valence-corrected chi connectivity index (χ2v) is 5.35. The van der Waals surface area contributed by atoms with Crippen molar-refractivity contribution in [1.29, 1.82) is 0 Å². The van der Waals surface area contributed by atoms with E-state index in [9.17, 15) is 4.79 Å². The normalized spacial score (nSPS) is 29.1. The van der Waals surface area contributed by atoms with Crippen molar-refractivity contribution >= 4 is 5.97 Å². The molecule has 0 unspecified atom stereocenters. The molecule has 3 nitrogen and oxygen atoms in total. The van der Waals surface area contributed by atoms with E-state index in [0.717, 1.165) is 31.8 Å². The molecule has 1 saturated heterocycles. The van der Waals surface area contributed by atoms with E-state index in [-0.39, 0.29) is 6.04 Å². The molecule has 0 bridgehead atoms. The summed E-state index contributed by atoms with van der Waals surface area (Å²) in [5, 5.41) is 9.13. The van der Waals surface area contributed by atoms with Gasteiger partial charge >= 0.3 is 5.97 Å². The molecule has 0 radical (unpaired) electrons. The lowest BCUT2D eigenvalue weighted by atomic mass is 9.99. The van der Waals surface area contributed by atoms with Crippen molar-refractivity contribution < 1.29 is 9.90 Å². The lowest BCUT2D eigenvalue weighted by Crippen LogP contribution is -2.39. The molecule has 2 rings (SSSR count). The molecule has 1 aliphatic heterocycles. The number of carboxylic acid groups (broad SMARTS) is 1. The maximum atomic E-state index is 11.1. The van der Waals surface area contributed by atoms with Gasteiger partial charge in [-0.1, -0.05) is 25.7 Å². The van der Waals surface area contributed by atoms with Crippen LogP contribution in [0.25, 0.3) is 0 Å². The van der Waals surface area contributed by atoms with E-state index in [1.54, 1.807) is 0 Å². The number of aliphatic carboxylic acids is 1. The summed E-state index contributed by atoms with van der Waals surface area (Å²) in [5.41, 5.74) is 0. The number of hydrogen-bond acceptors (Lipinski definition) is 2. The van der Waals surface area contributed by atoms with Crippen LogP contribution in [0.2, 0.25) is 0 Å². The summed E-state index contributed by atoms with van der Waals surface area (Å²) in [5.74, 6) is 0.133. The zero-order chi connectivity index (χ0) is 11.4. The fourth-order valence-corrected chi connectivity index (χ4v) is 3.20. The van der Waals surface area contributed by atoms with Gasteiger partial charge in [0, 0.05) is 6.54 Å². The average molecular weight is 225 g/mol. The summed E-state index contributed by atoms with van der Waals surface area (Å²) in [6.45, 7) is 2.02. The first-order valence-electron chi connectivity index (χ1n) is 6.74. The van der Waals surface area contributed by atoms with Crippen LogP contribution in [0, 0.1) is 5.92 Å². The van der Waals surface area contributed by atoms with Crippen LogP contribution in [0.5, 0.6) is 0 Å². The van der Waals surface area contributed by atoms with Crippen LogP contribution in [0.4, 0.5) is 0 Å². The molecule has 1 atom stereocenters. The molecule has 0 aromatic rings. The Kier molecular flexibility index (Phi) is 4.22. The maximum Gasteiger partial charge on any atom is 0.320 e. The monoisotopic (exact) mass is 225 g/mol. The Bertz CT molecular complexity index is 234. The first kappa shape index (κ1) is 11.9. The lowest BCUT2D eigenvalue weighted by molar-refractivity contribution is -0.142. The number of rotatable bonds is 3. The standard InChI is InChI=1S/C13H23NO2/c15-13(16)12-8-5-9-14(12)10-11-6-3-1-2-4-7-11/h11-12H,1-10H2,(H,15,16)/t12-/m1/s1. The minimum Gasteiger partial charge on any atom is -0.480 e. The van der Waals surface area contributed by atoms with E-state index in [1.165, 1.54) is 38.5 Å². The van der Waals surface area contributed by atoms with E-state index in [4.69, 9.17) is 5.11 Å². The smallest absolute Gasteiger partial charge is 0.320 e. The number of carboxylic acids is 1. The van der Waals surface area contributed by atoms with Crippen LogP contribution in [-0.4, -0.2) is 35.1 Å².